The predicted molar refractivity (Wildman–Crippen MR) is 97.5 cm³/mol. The van der Waals surface area contributed by atoms with Crippen molar-refractivity contribution in [3.8, 4) is 17.2 Å². The zero-order valence-electron chi connectivity index (χ0n) is 14.5. The van der Waals surface area contributed by atoms with E-state index < -0.39 is 17.7 Å². The Hall–Kier alpha value is -2.80. The van der Waals surface area contributed by atoms with Gasteiger partial charge in [0.1, 0.15) is 42.1 Å². The summed E-state index contributed by atoms with van der Waals surface area (Å²) in [7, 11) is 0. The number of ether oxygens (including phenoxy) is 3. The third kappa shape index (κ3) is 7.15. The molecule has 0 spiro atoms. The van der Waals surface area contributed by atoms with Crippen LogP contribution in [0.15, 0.2) is 48.6 Å². The van der Waals surface area contributed by atoms with Crippen molar-refractivity contribution in [2.24, 2.45) is 0 Å². The van der Waals surface area contributed by atoms with Gasteiger partial charge in [0.05, 0.1) is 11.6 Å². The average Bonchev–Trinajstić information content (AvgIpc) is 2.59. The van der Waals surface area contributed by atoms with E-state index in [9.17, 15) is 13.6 Å². The van der Waals surface area contributed by atoms with E-state index in [1.807, 2.05) is 6.92 Å². The highest BCUT2D eigenvalue weighted by Crippen LogP contribution is 2.31. The zero-order chi connectivity index (χ0) is 19.6. The molecule has 0 aromatic heterocycles. The fourth-order valence-corrected chi connectivity index (χ4v) is 2.20. The molecule has 0 saturated heterocycles. The first-order chi connectivity index (χ1) is 13.0. The summed E-state index contributed by atoms with van der Waals surface area (Å²) in [6.45, 7) is 2.43. The molecule has 0 unspecified atom stereocenters. The quantitative estimate of drug-likeness (QED) is 0.498. The summed E-state index contributed by atoms with van der Waals surface area (Å²) in [5, 5.41) is 2.78. The summed E-state index contributed by atoms with van der Waals surface area (Å²) < 4.78 is 42.1. The third-order valence-corrected chi connectivity index (χ3v) is 3.45. The molecule has 0 bridgehead atoms. The van der Waals surface area contributed by atoms with Crippen LogP contribution >= 0.6 is 11.6 Å². The van der Waals surface area contributed by atoms with Crippen LogP contribution in [-0.2, 0) is 4.74 Å². The number of carbonyl (C=O) groups is 1. The van der Waals surface area contributed by atoms with Crippen LogP contribution in [0.3, 0.4) is 0 Å². The van der Waals surface area contributed by atoms with Gasteiger partial charge in [0.25, 0.3) is 0 Å². The van der Waals surface area contributed by atoms with Crippen LogP contribution in [0.4, 0.5) is 13.6 Å². The second kappa shape index (κ2) is 10.4. The lowest BCUT2D eigenvalue weighted by Gasteiger charge is -2.11. The number of nitrogens with one attached hydrogen (secondary N) is 1. The van der Waals surface area contributed by atoms with Crippen molar-refractivity contribution in [2.45, 2.75) is 6.92 Å². The molecule has 144 valence electrons. The van der Waals surface area contributed by atoms with Crippen molar-refractivity contribution in [3.05, 3.63) is 65.2 Å². The number of halogens is 3. The van der Waals surface area contributed by atoms with Crippen molar-refractivity contribution < 1.29 is 27.8 Å². The molecular weight excluding hydrogens is 380 g/mol. The lowest BCUT2D eigenvalue weighted by Crippen LogP contribution is -2.28. The lowest BCUT2D eigenvalue weighted by molar-refractivity contribution is 0.156. The SMILES string of the molecule is CC=CCOC(=O)NCCOc1ccc(Oc2cc(F)cc(F)c2)cc1Cl. The van der Waals surface area contributed by atoms with Crippen LogP contribution in [0.1, 0.15) is 6.92 Å². The Morgan fingerprint density at radius 2 is 1.89 bits per heavy atom. The summed E-state index contributed by atoms with van der Waals surface area (Å²) in [6, 6.07) is 7.42. The van der Waals surface area contributed by atoms with Crippen LogP contribution in [-0.4, -0.2) is 25.9 Å². The van der Waals surface area contributed by atoms with Crippen molar-refractivity contribution in [2.75, 3.05) is 19.8 Å². The Morgan fingerprint density at radius 3 is 2.56 bits per heavy atom. The molecule has 5 nitrogen and oxygen atoms in total. The molecule has 2 aromatic rings. The van der Waals surface area contributed by atoms with Crippen molar-refractivity contribution >= 4 is 17.7 Å². The molecule has 27 heavy (non-hydrogen) atoms. The number of hydrogen-bond acceptors (Lipinski definition) is 4. The van der Waals surface area contributed by atoms with E-state index in [0.717, 1.165) is 18.2 Å². The number of benzene rings is 2. The molecular formula is C19H18ClF2NO4. The number of amides is 1. The van der Waals surface area contributed by atoms with Crippen LogP contribution < -0.4 is 14.8 Å². The van der Waals surface area contributed by atoms with Crippen LogP contribution in [0, 0.1) is 11.6 Å². The van der Waals surface area contributed by atoms with Gasteiger partial charge in [-0.1, -0.05) is 23.8 Å². The van der Waals surface area contributed by atoms with E-state index in [2.05, 4.69) is 5.32 Å². The third-order valence-electron chi connectivity index (χ3n) is 3.15. The minimum atomic E-state index is -0.743. The lowest BCUT2D eigenvalue weighted by atomic mass is 10.3. The molecule has 0 fully saturated rings. The monoisotopic (exact) mass is 397 g/mol. The van der Waals surface area contributed by atoms with Crippen LogP contribution in [0.5, 0.6) is 17.2 Å². The highest BCUT2D eigenvalue weighted by Gasteiger charge is 2.07. The summed E-state index contributed by atoms with van der Waals surface area (Å²) in [5.41, 5.74) is 0. The largest absolute Gasteiger partial charge is 0.490 e. The fourth-order valence-electron chi connectivity index (χ4n) is 1.97. The minimum Gasteiger partial charge on any atom is -0.490 e. The molecule has 0 aliphatic heterocycles. The maximum absolute atomic E-state index is 13.2. The molecule has 0 radical (unpaired) electrons. The fraction of sp³-hybridized carbons (Fsp3) is 0.211. The molecule has 0 aliphatic carbocycles. The first-order valence-electron chi connectivity index (χ1n) is 8.06. The number of alkyl carbamates (subject to hydrolysis) is 1. The smallest absolute Gasteiger partial charge is 0.407 e. The van der Waals surface area contributed by atoms with E-state index in [1.165, 1.54) is 6.07 Å². The van der Waals surface area contributed by atoms with Gasteiger partial charge >= 0.3 is 6.09 Å². The minimum absolute atomic E-state index is 0.0119. The Kier molecular flexibility index (Phi) is 7.88. The van der Waals surface area contributed by atoms with Gasteiger partial charge in [-0.15, -0.1) is 0 Å². The Balaban J connectivity index is 1.83. The highest BCUT2D eigenvalue weighted by molar-refractivity contribution is 6.32. The predicted octanol–water partition coefficient (Wildman–Crippen LogP) is 5.09. The zero-order valence-corrected chi connectivity index (χ0v) is 15.3. The van der Waals surface area contributed by atoms with E-state index in [0.29, 0.717) is 11.5 Å². The van der Waals surface area contributed by atoms with Gasteiger partial charge in [0, 0.05) is 24.3 Å². The number of allylic oxidation sites excluding steroid dienone is 1. The summed E-state index contributed by atoms with van der Waals surface area (Å²) in [4.78, 5) is 11.3. The maximum Gasteiger partial charge on any atom is 0.407 e. The molecule has 0 heterocycles. The highest BCUT2D eigenvalue weighted by atomic mass is 35.5. The van der Waals surface area contributed by atoms with Crippen molar-refractivity contribution in [1.82, 2.24) is 5.32 Å². The van der Waals surface area contributed by atoms with Gasteiger partial charge < -0.3 is 19.5 Å². The number of carbonyl (C=O) groups excluding carboxylic acids is 1. The first kappa shape index (κ1) is 20.5. The van der Waals surface area contributed by atoms with E-state index >= 15 is 0 Å². The molecule has 1 amide bonds. The van der Waals surface area contributed by atoms with Crippen molar-refractivity contribution in [3.63, 3.8) is 0 Å². The van der Waals surface area contributed by atoms with Crippen molar-refractivity contribution in [1.29, 1.82) is 0 Å². The van der Waals surface area contributed by atoms with Gasteiger partial charge in [-0.05, 0) is 19.1 Å². The number of rotatable bonds is 8. The molecule has 2 rings (SSSR count). The standard InChI is InChI=1S/C19H18ClF2NO4/c1-2-3-7-26-19(24)23-6-8-25-18-5-4-15(12-17(18)20)27-16-10-13(21)9-14(22)11-16/h2-5,9-12H,6-8H2,1H3,(H,23,24). The van der Waals surface area contributed by atoms with Gasteiger partial charge in [0.15, 0.2) is 0 Å². The van der Waals surface area contributed by atoms with E-state index in [1.54, 1.807) is 24.3 Å². The second-order valence-electron chi connectivity index (χ2n) is 5.24. The summed E-state index contributed by atoms with van der Waals surface area (Å²) >= 11 is 6.11. The molecule has 0 saturated carbocycles. The molecule has 0 aliphatic rings. The van der Waals surface area contributed by atoms with Crippen LogP contribution in [0.25, 0.3) is 0 Å². The Morgan fingerprint density at radius 1 is 1.15 bits per heavy atom. The van der Waals surface area contributed by atoms with Crippen LogP contribution in [0.2, 0.25) is 5.02 Å². The molecule has 8 heteroatoms. The molecule has 0 atom stereocenters. The average molecular weight is 398 g/mol. The summed E-state index contributed by atoms with van der Waals surface area (Å²) in [5.74, 6) is -0.806. The maximum atomic E-state index is 13.2. The summed E-state index contributed by atoms with van der Waals surface area (Å²) in [6.07, 6.45) is 2.93. The van der Waals surface area contributed by atoms with Gasteiger partial charge in [0.2, 0.25) is 0 Å². The topological polar surface area (TPSA) is 56.8 Å². The van der Waals surface area contributed by atoms with Gasteiger partial charge in [-0.2, -0.15) is 0 Å². The van der Waals surface area contributed by atoms with E-state index in [-0.39, 0.29) is 30.5 Å². The Labute approximate surface area is 160 Å². The molecule has 2 aromatic carbocycles. The Bertz CT molecular complexity index is 794. The second-order valence-corrected chi connectivity index (χ2v) is 5.65. The normalized spacial score (nSPS) is 10.7. The first-order valence-corrected chi connectivity index (χ1v) is 8.44. The number of hydrogen-bond donors (Lipinski definition) is 1. The van der Waals surface area contributed by atoms with Gasteiger partial charge in [-0.25, -0.2) is 13.6 Å². The molecule has 1 N–H and O–H groups in total. The van der Waals surface area contributed by atoms with Gasteiger partial charge in [-0.3, -0.25) is 0 Å². The van der Waals surface area contributed by atoms with E-state index in [4.69, 9.17) is 25.8 Å².